The van der Waals surface area contributed by atoms with Gasteiger partial charge >= 0.3 is 0 Å². The van der Waals surface area contributed by atoms with Gasteiger partial charge in [0.1, 0.15) is 5.54 Å². The lowest BCUT2D eigenvalue weighted by Gasteiger charge is -2.07. The first kappa shape index (κ1) is 8.41. The molecule has 1 aliphatic carbocycles. The van der Waals surface area contributed by atoms with E-state index in [-0.39, 0.29) is 6.42 Å². The van der Waals surface area contributed by atoms with Crippen molar-refractivity contribution in [3.63, 3.8) is 0 Å². The van der Waals surface area contributed by atoms with Crippen LogP contribution < -0.4 is 5.73 Å². The quantitative estimate of drug-likeness (QED) is 0.756. The van der Waals surface area contributed by atoms with E-state index in [2.05, 4.69) is 0 Å². The molecule has 2 rings (SSSR count). The molecular formula is C7H6ClF2NS. The van der Waals surface area contributed by atoms with Crippen LogP contribution in [-0.4, -0.2) is 5.92 Å². The summed E-state index contributed by atoms with van der Waals surface area (Å²) in [6.07, 6.45) is -0.291. The number of thiophene rings is 1. The van der Waals surface area contributed by atoms with E-state index in [1.54, 1.807) is 11.4 Å². The maximum absolute atomic E-state index is 12.7. The van der Waals surface area contributed by atoms with Gasteiger partial charge in [0.05, 0.1) is 5.02 Å². The third-order valence-corrected chi connectivity index (χ3v) is 3.57. The third-order valence-electron chi connectivity index (χ3n) is 2.05. The lowest BCUT2D eigenvalue weighted by molar-refractivity contribution is 0.0899. The van der Waals surface area contributed by atoms with Crippen LogP contribution in [0.4, 0.5) is 8.78 Å². The van der Waals surface area contributed by atoms with Gasteiger partial charge in [0.15, 0.2) is 0 Å². The number of nitrogens with two attached hydrogens (primary N) is 1. The van der Waals surface area contributed by atoms with Crippen LogP contribution in [0, 0.1) is 0 Å². The number of hydrogen-bond donors (Lipinski definition) is 1. The standard InChI is InChI=1S/C7H6ClF2NS/c8-4-1-2-12-5(4)6(11)3-7(6,9)10/h1-2H,3,11H2. The van der Waals surface area contributed by atoms with Gasteiger partial charge in [0.2, 0.25) is 0 Å². The Balaban J connectivity index is 2.40. The molecule has 1 fully saturated rings. The lowest BCUT2D eigenvalue weighted by atomic mass is 10.2. The molecule has 1 heterocycles. The summed E-state index contributed by atoms with van der Waals surface area (Å²) in [5.41, 5.74) is 3.98. The molecule has 1 saturated carbocycles. The molecule has 1 aliphatic rings. The summed E-state index contributed by atoms with van der Waals surface area (Å²) < 4.78 is 25.5. The highest BCUT2D eigenvalue weighted by Crippen LogP contribution is 2.60. The molecule has 2 N–H and O–H groups in total. The fourth-order valence-electron chi connectivity index (χ4n) is 1.16. The van der Waals surface area contributed by atoms with Gasteiger partial charge in [0.25, 0.3) is 5.92 Å². The summed E-state index contributed by atoms with van der Waals surface area (Å²) in [4.78, 5) is 0.397. The van der Waals surface area contributed by atoms with E-state index in [1.165, 1.54) is 11.3 Å². The van der Waals surface area contributed by atoms with Crippen molar-refractivity contribution in [1.82, 2.24) is 0 Å². The molecule has 12 heavy (non-hydrogen) atoms. The van der Waals surface area contributed by atoms with E-state index in [1.807, 2.05) is 0 Å². The first-order valence-corrected chi connectivity index (χ1v) is 4.63. The topological polar surface area (TPSA) is 26.0 Å². The predicted molar refractivity (Wildman–Crippen MR) is 44.8 cm³/mol. The summed E-state index contributed by atoms with van der Waals surface area (Å²) in [6, 6.07) is 1.59. The third kappa shape index (κ3) is 0.917. The Morgan fingerprint density at radius 3 is 2.50 bits per heavy atom. The van der Waals surface area contributed by atoms with E-state index in [0.717, 1.165) is 0 Å². The van der Waals surface area contributed by atoms with Crippen molar-refractivity contribution < 1.29 is 8.78 Å². The van der Waals surface area contributed by atoms with E-state index < -0.39 is 11.5 Å². The molecule has 1 atom stereocenters. The molecule has 1 nitrogen and oxygen atoms in total. The molecule has 1 aromatic heterocycles. The van der Waals surface area contributed by atoms with Crippen molar-refractivity contribution in [2.24, 2.45) is 5.73 Å². The molecule has 0 amide bonds. The van der Waals surface area contributed by atoms with Crippen LogP contribution in [0.15, 0.2) is 11.4 Å². The number of rotatable bonds is 1. The molecule has 5 heteroatoms. The zero-order chi connectivity index (χ0) is 8.98. The molecule has 1 unspecified atom stereocenters. The summed E-state index contributed by atoms with van der Waals surface area (Å²) in [6.45, 7) is 0. The normalized spacial score (nSPS) is 32.0. The minimum atomic E-state index is -2.78. The highest BCUT2D eigenvalue weighted by atomic mass is 35.5. The van der Waals surface area contributed by atoms with Crippen LogP contribution in [0.2, 0.25) is 5.02 Å². The maximum atomic E-state index is 12.7. The van der Waals surface area contributed by atoms with E-state index in [0.29, 0.717) is 9.90 Å². The van der Waals surface area contributed by atoms with Gasteiger partial charge in [-0.15, -0.1) is 11.3 Å². The van der Waals surface area contributed by atoms with Gasteiger partial charge in [-0.3, -0.25) is 0 Å². The molecule has 0 spiro atoms. The second-order valence-electron chi connectivity index (χ2n) is 2.95. The Morgan fingerprint density at radius 1 is 1.58 bits per heavy atom. The molecule has 0 bridgehead atoms. The first-order chi connectivity index (χ1) is 5.47. The Morgan fingerprint density at radius 2 is 2.17 bits per heavy atom. The molecule has 0 aromatic carbocycles. The van der Waals surface area contributed by atoms with Gasteiger partial charge < -0.3 is 5.73 Å². The lowest BCUT2D eigenvalue weighted by Crippen LogP contribution is -2.26. The average molecular weight is 210 g/mol. The first-order valence-electron chi connectivity index (χ1n) is 3.37. The SMILES string of the molecule is NC1(c2sccc2Cl)CC1(F)F. The van der Waals surface area contributed by atoms with Crippen LogP contribution >= 0.6 is 22.9 Å². The van der Waals surface area contributed by atoms with Gasteiger partial charge in [-0.1, -0.05) is 11.6 Å². The number of halogens is 3. The largest absolute Gasteiger partial charge is 0.316 e. The highest BCUT2D eigenvalue weighted by Gasteiger charge is 2.71. The van der Waals surface area contributed by atoms with Crippen molar-refractivity contribution in [1.29, 1.82) is 0 Å². The van der Waals surface area contributed by atoms with Gasteiger partial charge in [-0.05, 0) is 11.4 Å². The molecular weight excluding hydrogens is 204 g/mol. The molecule has 0 saturated heterocycles. The molecule has 0 aliphatic heterocycles. The zero-order valence-electron chi connectivity index (χ0n) is 5.98. The Bertz CT molecular complexity index is 325. The summed E-state index contributed by atoms with van der Waals surface area (Å²) in [7, 11) is 0. The molecule has 66 valence electrons. The van der Waals surface area contributed by atoms with E-state index in [4.69, 9.17) is 17.3 Å². The molecule has 0 radical (unpaired) electrons. The van der Waals surface area contributed by atoms with Crippen molar-refractivity contribution in [3.8, 4) is 0 Å². The van der Waals surface area contributed by atoms with Gasteiger partial charge in [0, 0.05) is 11.3 Å². The van der Waals surface area contributed by atoms with Crippen molar-refractivity contribution in [3.05, 3.63) is 21.3 Å². The summed E-state index contributed by atoms with van der Waals surface area (Å²) in [5.74, 6) is -2.78. The van der Waals surface area contributed by atoms with Gasteiger partial charge in [-0.2, -0.15) is 0 Å². The minimum absolute atomic E-state index is 0.291. The van der Waals surface area contributed by atoms with E-state index >= 15 is 0 Å². The van der Waals surface area contributed by atoms with Crippen molar-refractivity contribution >= 4 is 22.9 Å². The number of alkyl halides is 2. The smallest absolute Gasteiger partial charge is 0.273 e. The van der Waals surface area contributed by atoms with Crippen LogP contribution in [0.1, 0.15) is 11.3 Å². The Hall–Kier alpha value is -0.190. The number of hydrogen-bond acceptors (Lipinski definition) is 2. The van der Waals surface area contributed by atoms with Crippen LogP contribution in [-0.2, 0) is 5.54 Å². The second kappa shape index (κ2) is 2.19. The molecule has 1 aromatic rings. The summed E-state index contributed by atoms with van der Waals surface area (Å²) in [5, 5.41) is 2.01. The fourth-order valence-corrected chi connectivity index (χ4v) is 2.56. The second-order valence-corrected chi connectivity index (χ2v) is 4.27. The average Bonchev–Trinajstić information content (AvgIpc) is 2.36. The Kier molecular flexibility index (Phi) is 1.53. The van der Waals surface area contributed by atoms with Crippen LogP contribution in [0.3, 0.4) is 0 Å². The Labute approximate surface area is 77.1 Å². The van der Waals surface area contributed by atoms with Gasteiger partial charge in [-0.25, -0.2) is 8.78 Å². The highest BCUT2D eigenvalue weighted by molar-refractivity contribution is 7.10. The summed E-state index contributed by atoms with van der Waals surface area (Å²) >= 11 is 6.87. The zero-order valence-corrected chi connectivity index (χ0v) is 7.55. The van der Waals surface area contributed by atoms with E-state index in [9.17, 15) is 8.78 Å². The predicted octanol–water partition coefficient (Wildman–Crippen LogP) is 2.59. The van der Waals surface area contributed by atoms with Crippen molar-refractivity contribution in [2.75, 3.05) is 0 Å². The monoisotopic (exact) mass is 209 g/mol. The van der Waals surface area contributed by atoms with Crippen LogP contribution in [0.5, 0.6) is 0 Å². The van der Waals surface area contributed by atoms with Crippen molar-refractivity contribution in [2.45, 2.75) is 17.9 Å². The van der Waals surface area contributed by atoms with Crippen LogP contribution in [0.25, 0.3) is 0 Å². The maximum Gasteiger partial charge on any atom is 0.273 e. The minimum Gasteiger partial charge on any atom is -0.316 e. The fraction of sp³-hybridized carbons (Fsp3) is 0.429.